The van der Waals surface area contributed by atoms with Gasteiger partial charge in [0.1, 0.15) is 10.8 Å². The van der Waals surface area contributed by atoms with Crippen LogP contribution in [0.3, 0.4) is 0 Å². The van der Waals surface area contributed by atoms with Crippen molar-refractivity contribution in [1.82, 2.24) is 4.98 Å². The van der Waals surface area contributed by atoms with Gasteiger partial charge >= 0.3 is 0 Å². The highest BCUT2D eigenvalue weighted by molar-refractivity contribution is 7.92. The van der Waals surface area contributed by atoms with Crippen LogP contribution in [-0.4, -0.2) is 13.4 Å². The maximum absolute atomic E-state index is 12.9. The van der Waals surface area contributed by atoms with Gasteiger partial charge in [-0.25, -0.2) is 9.37 Å². The minimum absolute atomic E-state index is 0.0549. The van der Waals surface area contributed by atoms with Crippen LogP contribution < -0.4 is 4.72 Å². The van der Waals surface area contributed by atoms with E-state index in [9.17, 15) is 12.8 Å². The van der Waals surface area contributed by atoms with Crippen LogP contribution in [0.25, 0.3) is 10.6 Å². The third-order valence-corrected chi connectivity index (χ3v) is 5.18. The number of nitrogens with zero attached hydrogens (tertiary/aromatic N) is 1. The van der Waals surface area contributed by atoms with Crippen molar-refractivity contribution in [3.63, 3.8) is 0 Å². The molecule has 0 amide bonds. The lowest BCUT2D eigenvalue weighted by atomic mass is 10.2. The van der Waals surface area contributed by atoms with Crippen molar-refractivity contribution in [2.75, 3.05) is 4.72 Å². The highest BCUT2D eigenvalue weighted by Gasteiger charge is 2.18. The molecule has 2 aromatic carbocycles. The highest BCUT2D eigenvalue weighted by Crippen LogP contribution is 2.26. The average molecular weight is 334 g/mol. The third kappa shape index (κ3) is 3.15. The first kappa shape index (κ1) is 14.7. The Labute approximate surface area is 131 Å². The van der Waals surface area contributed by atoms with Crippen molar-refractivity contribution in [2.45, 2.75) is 5.03 Å². The van der Waals surface area contributed by atoms with E-state index in [2.05, 4.69) is 9.71 Å². The standard InChI is InChI=1S/C15H11FN2O2S2/c16-12-8-6-11(7-9-12)15-17-14(10-21-15)22(19,20)18-13-4-2-1-3-5-13/h1-10,18H. The van der Waals surface area contributed by atoms with Crippen LogP contribution in [0.5, 0.6) is 0 Å². The number of rotatable bonds is 4. The van der Waals surface area contributed by atoms with Crippen molar-refractivity contribution >= 4 is 27.0 Å². The van der Waals surface area contributed by atoms with E-state index in [1.54, 1.807) is 42.5 Å². The Kier molecular flexibility index (Phi) is 3.91. The summed E-state index contributed by atoms with van der Waals surface area (Å²) >= 11 is 1.19. The number of sulfonamides is 1. The Morgan fingerprint density at radius 2 is 1.68 bits per heavy atom. The van der Waals surface area contributed by atoms with E-state index in [1.165, 1.54) is 28.8 Å². The van der Waals surface area contributed by atoms with Crippen LogP contribution in [0.4, 0.5) is 10.1 Å². The van der Waals surface area contributed by atoms with Gasteiger partial charge in [0, 0.05) is 16.6 Å². The van der Waals surface area contributed by atoms with Gasteiger partial charge in [-0.1, -0.05) is 18.2 Å². The van der Waals surface area contributed by atoms with Gasteiger partial charge in [0.15, 0.2) is 5.03 Å². The third-order valence-electron chi connectivity index (χ3n) is 2.88. The van der Waals surface area contributed by atoms with Crippen LogP contribution in [0, 0.1) is 5.82 Å². The molecule has 0 bridgehead atoms. The molecule has 0 aliphatic rings. The molecule has 0 saturated carbocycles. The summed E-state index contributed by atoms with van der Waals surface area (Å²) in [5.74, 6) is -0.348. The monoisotopic (exact) mass is 334 g/mol. The van der Waals surface area contributed by atoms with Crippen molar-refractivity contribution < 1.29 is 12.8 Å². The number of thiazole rings is 1. The van der Waals surface area contributed by atoms with E-state index >= 15 is 0 Å². The zero-order valence-corrected chi connectivity index (χ0v) is 12.9. The molecular weight excluding hydrogens is 323 g/mol. The highest BCUT2D eigenvalue weighted by atomic mass is 32.2. The van der Waals surface area contributed by atoms with Crippen LogP contribution >= 0.6 is 11.3 Å². The molecule has 3 aromatic rings. The Hall–Kier alpha value is -2.25. The minimum Gasteiger partial charge on any atom is -0.278 e. The Balaban J connectivity index is 1.88. The summed E-state index contributed by atoms with van der Waals surface area (Å²) in [5, 5.41) is 1.93. The van der Waals surface area contributed by atoms with Gasteiger partial charge in [0.05, 0.1) is 0 Å². The predicted molar refractivity (Wildman–Crippen MR) is 84.8 cm³/mol. The van der Waals surface area contributed by atoms with E-state index in [0.717, 1.165) is 0 Å². The largest absolute Gasteiger partial charge is 0.280 e. The Morgan fingerprint density at radius 3 is 2.36 bits per heavy atom. The fourth-order valence-corrected chi connectivity index (χ4v) is 3.98. The molecule has 0 fully saturated rings. The number of benzene rings is 2. The minimum atomic E-state index is -3.73. The van der Waals surface area contributed by atoms with Gasteiger partial charge in [-0.3, -0.25) is 4.72 Å². The molecule has 0 radical (unpaired) electrons. The summed E-state index contributed by atoms with van der Waals surface area (Å²) in [6, 6.07) is 14.3. The number of para-hydroxylation sites is 1. The molecule has 0 aliphatic carbocycles. The fraction of sp³-hybridized carbons (Fsp3) is 0. The van der Waals surface area contributed by atoms with Crippen LogP contribution in [0.15, 0.2) is 65.0 Å². The number of halogens is 1. The molecule has 0 saturated heterocycles. The summed E-state index contributed by atoms with van der Waals surface area (Å²) in [6.45, 7) is 0. The summed E-state index contributed by atoms with van der Waals surface area (Å²) in [5.41, 5.74) is 1.14. The zero-order chi connectivity index (χ0) is 15.6. The molecule has 22 heavy (non-hydrogen) atoms. The normalized spacial score (nSPS) is 11.3. The molecular formula is C15H11FN2O2S2. The van der Waals surface area contributed by atoms with Gasteiger partial charge in [-0.05, 0) is 36.4 Å². The lowest BCUT2D eigenvalue weighted by molar-refractivity contribution is 0.598. The van der Waals surface area contributed by atoms with Gasteiger partial charge in [0.25, 0.3) is 10.0 Å². The topological polar surface area (TPSA) is 59.1 Å². The van der Waals surface area contributed by atoms with Crippen molar-refractivity contribution in [3.05, 3.63) is 65.8 Å². The summed E-state index contributed by atoms with van der Waals surface area (Å²) in [7, 11) is -3.73. The van der Waals surface area contributed by atoms with Gasteiger partial charge in [-0.2, -0.15) is 8.42 Å². The molecule has 1 aromatic heterocycles. The first-order valence-electron chi connectivity index (χ1n) is 6.34. The Morgan fingerprint density at radius 1 is 1.00 bits per heavy atom. The van der Waals surface area contributed by atoms with Crippen LogP contribution in [-0.2, 0) is 10.0 Å². The number of hydrogen-bond acceptors (Lipinski definition) is 4. The molecule has 112 valence electrons. The lowest BCUT2D eigenvalue weighted by Crippen LogP contribution is -2.13. The molecule has 0 spiro atoms. The van der Waals surface area contributed by atoms with E-state index in [-0.39, 0.29) is 10.8 Å². The molecule has 4 nitrogen and oxygen atoms in total. The van der Waals surface area contributed by atoms with E-state index in [4.69, 9.17) is 0 Å². The van der Waals surface area contributed by atoms with Crippen LogP contribution in [0.2, 0.25) is 0 Å². The quantitative estimate of drug-likeness (QED) is 0.790. The maximum atomic E-state index is 12.9. The molecule has 0 unspecified atom stereocenters. The van der Waals surface area contributed by atoms with E-state index in [1.807, 2.05) is 0 Å². The number of hydrogen-bond donors (Lipinski definition) is 1. The summed E-state index contributed by atoms with van der Waals surface area (Å²) in [4.78, 5) is 4.12. The van der Waals surface area contributed by atoms with E-state index < -0.39 is 10.0 Å². The maximum Gasteiger partial charge on any atom is 0.280 e. The van der Waals surface area contributed by atoms with Gasteiger partial charge in [-0.15, -0.1) is 11.3 Å². The zero-order valence-electron chi connectivity index (χ0n) is 11.2. The number of anilines is 1. The summed E-state index contributed by atoms with van der Waals surface area (Å²) < 4.78 is 39.9. The average Bonchev–Trinajstić information content (AvgIpc) is 2.99. The molecule has 1 heterocycles. The number of aromatic nitrogens is 1. The Bertz CT molecular complexity index is 875. The number of nitrogens with one attached hydrogen (secondary N) is 1. The molecule has 7 heteroatoms. The van der Waals surface area contributed by atoms with E-state index in [0.29, 0.717) is 16.3 Å². The lowest BCUT2D eigenvalue weighted by Gasteiger charge is -2.04. The molecule has 3 rings (SSSR count). The van der Waals surface area contributed by atoms with Crippen LogP contribution in [0.1, 0.15) is 0 Å². The second-order valence-corrected chi connectivity index (χ2v) is 6.96. The fourth-order valence-electron chi connectivity index (χ4n) is 1.82. The predicted octanol–water partition coefficient (Wildman–Crippen LogP) is 3.75. The second-order valence-electron chi connectivity index (χ2n) is 4.47. The SMILES string of the molecule is O=S(=O)(Nc1ccccc1)c1csc(-c2ccc(F)cc2)n1. The first-order valence-corrected chi connectivity index (χ1v) is 8.70. The van der Waals surface area contributed by atoms with Crippen molar-refractivity contribution in [2.24, 2.45) is 0 Å². The smallest absolute Gasteiger partial charge is 0.278 e. The van der Waals surface area contributed by atoms with Gasteiger partial charge < -0.3 is 0 Å². The molecule has 0 aliphatic heterocycles. The molecule has 0 atom stereocenters. The van der Waals surface area contributed by atoms with Crippen molar-refractivity contribution in [1.29, 1.82) is 0 Å². The van der Waals surface area contributed by atoms with Crippen molar-refractivity contribution in [3.8, 4) is 10.6 Å². The second kappa shape index (κ2) is 5.86. The summed E-state index contributed by atoms with van der Waals surface area (Å²) in [6.07, 6.45) is 0. The molecule has 1 N–H and O–H groups in total. The first-order chi connectivity index (χ1) is 10.5. The van der Waals surface area contributed by atoms with Gasteiger partial charge in [0.2, 0.25) is 0 Å².